The summed E-state index contributed by atoms with van der Waals surface area (Å²) >= 11 is 0. The summed E-state index contributed by atoms with van der Waals surface area (Å²) in [5.74, 6) is -0.119. The van der Waals surface area contributed by atoms with E-state index < -0.39 is 18.0 Å². The number of ether oxygens (including phenoxy) is 2. The van der Waals surface area contributed by atoms with Crippen molar-refractivity contribution in [3.63, 3.8) is 0 Å². The number of aryl methyl sites for hydroxylation is 1. The normalized spacial score (nSPS) is 22.8. The summed E-state index contributed by atoms with van der Waals surface area (Å²) in [6.45, 7) is 4.33. The molecule has 3 aliphatic heterocycles. The van der Waals surface area contributed by atoms with Crippen LogP contribution in [0.15, 0.2) is 24.3 Å². The standard InChI is InChI=1S/C30H35FN4O3/c1-35-8-5-30(6-9-35)4-3-19-11-21-18-38-27-13-20(26(31)15-24(27)23(21)14-25(19)30)12-22(16-32)34-29(36)28-17-33-7-2-10-37-28/h11,13-15,22,28,33H,2-10,12,17-18H2,1H3,(H,34,36)/t22?,28-/m0/s1. The van der Waals surface area contributed by atoms with Crippen molar-refractivity contribution in [3.8, 4) is 22.9 Å². The first-order valence-corrected chi connectivity index (χ1v) is 13.8. The summed E-state index contributed by atoms with van der Waals surface area (Å²) < 4.78 is 27.1. The molecule has 0 radical (unpaired) electrons. The van der Waals surface area contributed by atoms with E-state index in [4.69, 9.17) is 9.47 Å². The highest BCUT2D eigenvalue weighted by Gasteiger charge is 2.41. The maximum atomic E-state index is 15.5. The number of piperidine rings is 1. The molecule has 1 amide bonds. The molecule has 0 aromatic heterocycles. The van der Waals surface area contributed by atoms with Crippen molar-refractivity contribution in [1.82, 2.24) is 15.5 Å². The van der Waals surface area contributed by atoms with Crippen LogP contribution < -0.4 is 15.4 Å². The van der Waals surface area contributed by atoms with Crippen LogP contribution in [0.5, 0.6) is 5.75 Å². The number of rotatable bonds is 4. The van der Waals surface area contributed by atoms with Gasteiger partial charge in [0.15, 0.2) is 0 Å². The Labute approximate surface area is 223 Å². The molecule has 8 heteroatoms. The van der Waals surface area contributed by atoms with Gasteiger partial charge in [-0.1, -0.05) is 6.07 Å². The van der Waals surface area contributed by atoms with Gasteiger partial charge in [-0.25, -0.2) is 4.39 Å². The molecule has 2 aromatic carbocycles. The van der Waals surface area contributed by atoms with Gasteiger partial charge in [0.1, 0.15) is 30.3 Å². The molecular formula is C30H35FN4O3. The van der Waals surface area contributed by atoms with Gasteiger partial charge < -0.3 is 25.0 Å². The molecule has 2 N–H and O–H groups in total. The van der Waals surface area contributed by atoms with Crippen LogP contribution in [0.25, 0.3) is 11.1 Å². The number of nitrogens with one attached hydrogen (secondary N) is 2. The van der Waals surface area contributed by atoms with Crippen molar-refractivity contribution in [3.05, 3.63) is 52.3 Å². The Morgan fingerprint density at radius 3 is 2.89 bits per heavy atom. The second-order valence-electron chi connectivity index (χ2n) is 11.3. The summed E-state index contributed by atoms with van der Waals surface area (Å²) in [6.07, 6.45) is 4.83. The predicted octanol–water partition coefficient (Wildman–Crippen LogP) is 3.22. The maximum absolute atomic E-state index is 15.5. The highest BCUT2D eigenvalue weighted by molar-refractivity contribution is 5.82. The summed E-state index contributed by atoms with van der Waals surface area (Å²) in [6, 6.07) is 9.06. The molecule has 2 fully saturated rings. The molecule has 0 bridgehead atoms. The van der Waals surface area contributed by atoms with Crippen LogP contribution in [0.2, 0.25) is 0 Å². The number of nitrogens with zero attached hydrogens (tertiary/aromatic N) is 2. The van der Waals surface area contributed by atoms with Gasteiger partial charge in [0, 0.05) is 25.1 Å². The van der Waals surface area contributed by atoms with Crippen LogP contribution in [0.3, 0.4) is 0 Å². The number of hydrogen-bond acceptors (Lipinski definition) is 6. The Morgan fingerprint density at radius 2 is 2.08 bits per heavy atom. The van der Waals surface area contributed by atoms with Crippen LogP contribution in [0.4, 0.5) is 4.39 Å². The highest BCUT2D eigenvalue weighted by atomic mass is 19.1. The fourth-order valence-electron chi connectivity index (χ4n) is 6.57. The minimum Gasteiger partial charge on any atom is -0.488 e. The zero-order chi connectivity index (χ0) is 26.3. The Kier molecular flexibility index (Phi) is 6.85. The number of halogens is 1. The van der Waals surface area contributed by atoms with Crippen LogP contribution in [0, 0.1) is 17.1 Å². The molecule has 1 aliphatic carbocycles. The van der Waals surface area contributed by atoms with E-state index in [-0.39, 0.29) is 17.7 Å². The molecular weight excluding hydrogens is 483 g/mol. The van der Waals surface area contributed by atoms with E-state index in [1.807, 2.05) is 0 Å². The van der Waals surface area contributed by atoms with Crippen molar-refractivity contribution in [2.45, 2.75) is 62.7 Å². The Balaban J connectivity index is 1.24. The second kappa shape index (κ2) is 10.3. The first-order chi connectivity index (χ1) is 18.5. The summed E-state index contributed by atoms with van der Waals surface area (Å²) in [7, 11) is 2.19. The zero-order valence-corrected chi connectivity index (χ0v) is 21.9. The van der Waals surface area contributed by atoms with E-state index in [9.17, 15) is 10.1 Å². The van der Waals surface area contributed by atoms with Gasteiger partial charge in [-0.3, -0.25) is 4.79 Å². The van der Waals surface area contributed by atoms with Gasteiger partial charge in [-0.15, -0.1) is 0 Å². The van der Waals surface area contributed by atoms with Crippen LogP contribution >= 0.6 is 0 Å². The maximum Gasteiger partial charge on any atom is 0.251 e. The lowest BCUT2D eigenvalue weighted by Crippen LogP contribution is -2.46. The fourth-order valence-corrected chi connectivity index (χ4v) is 6.57. The smallest absolute Gasteiger partial charge is 0.251 e. The Hall–Kier alpha value is -2.99. The minimum absolute atomic E-state index is 0.0541. The number of likely N-dealkylation sites (tertiary alicyclic amines) is 1. The van der Waals surface area contributed by atoms with Gasteiger partial charge in [-0.2, -0.15) is 5.26 Å². The van der Waals surface area contributed by atoms with Crippen molar-refractivity contribution >= 4 is 5.91 Å². The van der Waals surface area contributed by atoms with Gasteiger partial charge in [0.2, 0.25) is 0 Å². The van der Waals surface area contributed by atoms with Gasteiger partial charge in [0.05, 0.1) is 6.07 Å². The molecule has 2 saturated heterocycles. The average molecular weight is 519 g/mol. The molecule has 1 spiro atoms. The topological polar surface area (TPSA) is 86.6 Å². The lowest BCUT2D eigenvalue weighted by atomic mass is 9.73. The molecule has 2 aromatic rings. The van der Waals surface area contributed by atoms with Crippen LogP contribution in [0.1, 0.15) is 47.9 Å². The molecule has 6 rings (SSSR count). The van der Waals surface area contributed by atoms with Gasteiger partial charge in [-0.05, 0) is 110 Å². The third kappa shape index (κ3) is 4.68. The quantitative estimate of drug-likeness (QED) is 0.647. The number of amides is 1. The van der Waals surface area contributed by atoms with E-state index in [0.29, 0.717) is 31.1 Å². The average Bonchev–Trinajstić information content (AvgIpc) is 3.08. The fraction of sp³-hybridized carbons (Fsp3) is 0.533. The predicted molar refractivity (Wildman–Crippen MR) is 141 cm³/mol. The van der Waals surface area contributed by atoms with Crippen LogP contribution in [-0.4, -0.2) is 62.8 Å². The Bertz CT molecular complexity index is 1270. The van der Waals surface area contributed by atoms with Gasteiger partial charge in [0.25, 0.3) is 5.91 Å². The molecule has 3 heterocycles. The highest BCUT2D eigenvalue weighted by Crippen LogP contribution is 2.50. The van der Waals surface area contributed by atoms with Crippen molar-refractivity contribution in [2.75, 3.05) is 39.8 Å². The zero-order valence-electron chi connectivity index (χ0n) is 21.9. The summed E-state index contributed by atoms with van der Waals surface area (Å²) in [5.41, 5.74) is 6.35. The number of fused-ring (bicyclic) bond motifs is 5. The van der Waals surface area contributed by atoms with E-state index in [0.717, 1.165) is 62.0 Å². The summed E-state index contributed by atoms with van der Waals surface area (Å²) in [4.78, 5) is 15.1. The number of carbonyl (C=O) groups excluding carboxylic acids is 1. The number of hydrogen-bond donors (Lipinski definition) is 2. The van der Waals surface area contributed by atoms with Gasteiger partial charge >= 0.3 is 0 Å². The molecule has 1 unspecified atom stereocenters. The van der Waals surface area contributed by atoms with Crippen molar-refractivity contribution in [1.29, 1.82) is 5.26 Å². The largest absolute Gasteiger partial charge is 0.488 e. The van der Waals surface area contributed by atoms with E-state index in [1.165, 1.54) is 17.5 Å². The first-order valence-electron chi connectivity index (χ1n) is 13.8. The number of nitriles is 1. The van der Waals surface area contributed by atoms with Crippen molar-refractivity contribution in [2.24, 2.45) is 0 Å². The first kappa shape index (κ1) is 25.3. The Morgan fingerprint density at radius 1 is 1.24 bits per heavy atom. The lowest BCUT2D eigenvalue weighted by molar-refractivity contribution is -0.132. The molecule has 200 valence electrons. The van der Waals surface area contributed by atoms with E-state index in [1.54, 1.807) is 12.1 Å². The molecule has 38 heavy (non-hydrogen) atoms. The lowest BCUT2D eigenvalue weighted by Gasteiger charge is -2.39. The van der Waals surface area contributed by atoms with E-state index in [2.05, 4.69) is 40.8 Å². The third-order valence-corrected chi connectivity index (χ3v) is 8.87. The SMILES string of the molecule is CN1CCC2(CCc3cc4c(cc32)-c2cc(F)c(CC(C#N)NC(=O)[C@@H]3CNCCCO3)cc2OC4)CC1. The minimum atomic E-state index is -0.870. The van der Waals surface area contributed by atoms with Crippen LogP contribution in [-0.2, 0) is 34.4 Å². The number of benzene rings is 2. The molecule has 7 nitrogen and oxygen atoms in total. The molecule has 4 aliphatic rings. The summed E-state index contributed by atoms with van der Waals surface area (Å²) in [5, 5.41) is 15.6. The molecule has 0 saturated carbocycles. The monoisotopic (exact) mass is 518 g/mol. The third-order valence-electron chi connectivity index (χ3n) is 8.87. The molecule has 2 atom stereocenters. The van der Waals surface area contributed by atoms with Crippen molar-refractivity contribution < 1.29 is 18.7 Å². The second-order valence-corrected chi connectivity index (χ2v) is 11.3. The number of carbonyl (C=O) groups is 1. The van der Waals surface area contributed by atoms with E-state index >= 15 is 4.39 Å².